The molecule has 0 unspecified atom stereocenters. The first-order chi connectivity index (χ1) is 12.8. The Morgan fingerprint density at radius 2 is 1.48 bits per heavy atom. The molecule has 0 radical (unpaired) electrons. The van der Waals surface area contributed by atoms with Crippen molar-refractivity contribution in [3.8, 4) is 0 Å². The molecule has 0 aliphatic carbocycles. The Morgan fingerprint density at radius 3 is 2.15 bits per heavy atom. The third-order valence-electron chi connectivity index (χ3n) is 4.84. The molecule has 27 heavy (non-hydrogen) atoms. The smallest absolute Gasteiger partial charge is 0.259 e. The summed E-state index contributed by atoms with van der Waals surface area (Å²) in [5.74, 6) is 1.45. The van der Waals surface area contributed by atoms with Crippen molar-refractivity contribution >= 4 is 54.9 Å². The molecule has 8 heteroatoms. The Balaban J connectivity index is 1.79. The van der Waals surface area contributed by atoms with Crippen molar-refractivity contribution in [1.29, 1.82) is 0 Å². The van der Waals surface area contributed by atoms with Crippen LogP contribution >= 0.6 is 34.4 Å². The molecule has 0 aromatic carbocycles. The molecule has 4 heterocycles. The topological polar surface area (TPSA) is 71.5 Å². The lowest BCUT2D eigenvalue weighted by Gasteiger charge is -2.11. The van der Waals surface area contributed by atoms with Gasteiger partial charge in [-0.3, -0.25) is 4.79 Å². The molecule has 5 nitrogen and oxygen atoms in total. The van der Waals surface area contributed by atoms with Gasteiger partial charge in [-0.05, 0) is 52.7 Å². The number of thioether (sulfide) groups is 1. The van der Waals surface area contributed by atoms with Gasteiger partial charge < -0.3 is 4.98 Å². The first-order valence-corrected chi connectivity index (χ1v) is 11.2. The van der Waals surface area contributed by atoms with Crippen molar-refractivity contribution in [2.45, 2.75) is 51.8 Å². The van der Waals surface area contributed by atoms with Crippen LogP contribution in [0.5, 0.6) is 0 Å². The minimum Gasteiger partial charge on any atom is -0.309 e. The Hall–Kier alpha value is -1.77. The van der Waals surface area contributed by atoms with E-state index in [0.29, 0.717) is 11.2 Å². The Labute approximate surface area is 169 Å². The molecule has 0 spiro atoms. The molecule has 0 amide bonds. The van der Waals surface area contributed by atoms with E-state index in [1.807, 2.05) is 20.8 Å². The summed E-state index contributed by atoms with van der Waals surface area (Å²) < 4.78 is 0. The van der Waals surface area contributed by atoms with Gasteiger partial charge in [0.15, 0.2) is 0 Å². The summed E-state index contributed by atoms with van der Waals surface area (Å²) in [5.41, 5.74) is 2.19. The summed E-state index contributed by atoms with van der Waals surface area (Å²) in [6, 6.07) is 0. The number of hydrogen-bond donors (Lipinski definition) is 1. The number of nitrogens with one attached hydrogen (secondary N) is 1. The largest absolute Gasteiger partial charge is 0.309 e. The SMILES string of the molecule is Cc1nc(S[C@@H](C)c2nc3sc(C)c(C)c3c(=O)[nH]2)c2c(C)c(C)sc2n1. The highest BCUT2D eigenvalue weighted by Crippen LogP contribution is 2.40. The fourth-order valence-corrected chi connectivity index (χ4v) is 6.37. The minimum absolute atomic E-state index is 0.0260. The Morgan fingerprint density at radius 1 is 0.889 bits per heavy atom. The van der Waals surface area contributed by atoms with Crippen LogP contribution < -0.4 is 5.56 Å². The standard InChI is InChI=1S/C19H20N4OS3/c1-7-9(3)25-17-13(7)16(24)22-15(23-17)11(5)27-19-14-8(2)10(4)26-18(14)20-12(6)21-19/h11H,1-6H3,(H,22,23,24)/t11-/m0/s1. The van der Waals surface area contributed by atoms with E-state index in [9.17, 15) is 4.79 Å². The first kappa shape index (κ1) is 18.6. The number of aromatic nitrogens is 4. The van der Waals surface area contributed by atoms with Crippen LogP contribution in [0.2, 0.25) is 0 Å². The van der Waals surface area contributed by atoms with E-state index in [-0.39, 0.29) is 10.8 Å². The maximum atomic E-state index is 12.6. The van der Waals surface area contributed by atoms with E-state index in [2.05, 4.69) is 35.7 Å². The third kappa shape index (κ3) is 3.09. The summed E-state index contributed by atoms with van der Waals surface area (Å²) in [6.45, 7) is 12.2. The van der Waals surface area contributed by atoms with E-state index >= 15 is 0 Å². The van der Waals surface area contributed by atoms with Gasteiger partial charge in [0.05, 0.1) is 10.6 Å². The zero-order valence-electron chi connectivity index (χ0n) is 16.1. The fraction of sp³-hybridized carbons (Fsp3) is 0.368. The van der Waals surface area contributed by atoms with Crippen LogP contribution in [0.25, 0.3) is 20.4 Å². The predicted octanol–water partition coefficient (Wildman–Crippen LogP) is 5.38. The molecule has 0 bridgehead atoms. The lowest BCUT2D eigenvalue weighted by molar-refractivity contribution is 0.918. The molecule has 0 fully saturated rings. The average Bonchev–Trinajstić information content (AvgIpc) is 3.03. The molecule has 1 N–H and O–H groups in total. The summed E-state index contributed by atoms with van der Waals surface area (Å²) in [5, 5.41) is 2.75. The van der Waals surface area contributed by atoms with Gasteiger partial charge in [0.1, 0.15) is 26.3 Å². The van der Waals surface area contributed by atoms with Gasteiger partial charge in [-0.15, -0.1) is 22.7 Å². The molecule has 0 aliphatic heterocycles. The van der Waals surface area contributed by atoms with Gasteiger partial charge in [0.2, 0.25) is 0 Å². The Bertz CT molecular complexity index is 1250. The summed E-state index contributed by atoms with van der Waals surface area (Å²) >= 11 is 4.90. The maximum Gasteiger partial charge on any atom is 0.259 e. The van der Waals surface area contributed by atoms with Gasteiger partial charge in [-0.25, -0.2) is 15.0 Å². The molecule has 0 saturated carbocycles. The molecule has 1 atom stereocenters. The summed E-state index contributed by atoms with van der Waals surface area (Å²) in [7, 11) is 0. The lowest BCUT2D eigenvalue weighted by Crippen LogP contribution is -2.12. The third-order valence-corrected chi connectivity index (χ3v) is 8.14. The highest BCUT2D eigenvalue weighted by atomic mass is 32.2. The number of rotatable bonds is 3. The van der Waals surface area contributed by atoms with E-state index < -0.39 is 0 Å². The van der Waals surface area contributed by atoms with Gasteiger partial charge >= 0.3 is 0 Å². The normalized spacial score (nSPS) is 13.0. The zero-order valence-corrected chi connectivity index (χ0v) is 18.5. The van der Waals surface area contributed by atoms with E-state index in [1.54, 1.807) is 34.4 Å². The van der Waals surface area contributed by atoms with Gasteiger partial charge in [-0.2, -0.15) is 0 Å². The van der Waals surface area contributed by atoms with Gasteiger partial charge in [-0.1, -0.05) is 11.8 Å². The molecule has 4 aromatic heterocycles. The maximum absolute atomic E-state index is 12.6. The molecular formula is C19H20N4OS3. The molecule has 4 aromatic rings. The number of aryl methyl sites for hydroxylation is 5. The Kier molecular flexibility index (Phi) is 4.60. The van der Waals surface area contributed by atoms with Crippen molar-refractivity contribution in [2.24, 2.45) is 0 Å². The minimum atomic E-state index is -0.0594. The fourth-order valence-electron chi connectivity index (χ4n) is 3.09. The summed E-state index contributed by atoms with van der Waals surface area (Å²) in [6.07, 6.45) is 0. The van der Waals surface area contributed by atoms with Crippen LogP contribution in [0.3, 0.4) is 0 Å². The van der Waals surface area contributed by atoms with Crippen molar-refractivity contribution < 1.29 is 0 Å². The number of aromatic amines is 1. The highest BCUT2D eigenvalue weighted by molar-refractivity contribution is 7.99. The van der Waals surface area contributed by atoms with Crippen LogP contribution in [0.15, 0.2) is 9.82 Å². The molecule has 140 valence electrons. The second kappa shape index (κ2) is 6.68. The van der Waals surface area contributed by atoms with Crippen molar-refractivity contribution in [1.82, 2.24) is 19.9 Å². The molecule has 0 saturated heterocycles. The second-order valence-electron chi connectivity index (χ2n) is 6.71. The summed E-state index contributed by atoms with van der Waals surface area (Å²) in [4.78, 5) is 33.8. The van der Waals surface area contributed by atoms with E-state index in [1.165, 1.54) is 10.4 Å². The first-order valence-electron chi connectivity index (χ1n) is 8.67. The van der Waals surface area contributed by atoms with Gasteiger partial charge in [0.25, 0.3) is 5.56 Å². The molecular weight excluding hydrogens is 396 g/mol. The van der Waals surface area contributed by atoms with Crippen LogP contribution in [0.4, 0.5) is 0 Å². The highest BCUT2D eigenvalue weighted by Gasteiger charge is 2.20. The van der Waals surface area contributed by atoms with Crippen LogP contribution in [-0.2, 0) is 0 Å². The zero-order chi connectivity index (χ0) is 19.5. The number of fused-ring (bicyclic) bond motifs is 2. The number of nitrogens with zero attached hydrogens (tertiary/aromatic N) is 3. The molecule has 0 aliphatic rings. The van der Waals surface area contributed by atoms with Gasteiger partial charge in [0, 0.05) is 15.1 Å². The quantitative estimate of drug-likeness (QED) is 0.358. The van der Waals surface area contributed by atoms with Crippen LogP contribution in [0.1, 0.15) is 44.7 Å². The number of hydrogen-bond acceptors (Lipinski definition) is 7. The monoisotopic (exact) mass is 416 g/mol. The average molecular weight is 417 g/mol. The number of thiophene rings is 2. The lowest BCUT2D eigenvalue weighted by atomic mass is 10.2. The van der Waals surface area contributed by atoms with E-state index in [4.69, 9.17) is 4.98 Å². The van der Waals surface area contributed by atoms with Crippen LogP contribution in [0, 0.1) is 34.6 Å². The van der Waals surface area contributed by atoms with E-state index in [0.717, 1.165) is 36.3 Å². The predicted molar refractivity (Wildman–Crippen MR) is 116 cm³/mol. The molecule has 4 rings (SSSR count). The van der Waals surface area contributed by atoms with Crippen molar-refractivity contribution in [3.05, 3.63) is 42.9 Å². The van der Waals surface area contributed by atoms with Crippen LogP contribution in [-0.4, -0.2) is 19.9 Å². The van der Waals surface area contributed by atoms with Crippen molar-refractivity contribution in [2.75, 3.05) is 0 Å². The number of H-pyrrole nitrogens is 1. The second-order valence-corrected chi connectivity index (χ2v) is 10.4. The van der Waals surface area contributed by atoms with Crippen molar-refractivity contribution in [3.63, 3.8) is 0 Å².